The Kier molecular flexibility index (Phi) is 3.72. The summed E-state index contributed by atoms with van der Waals surface area (Å²) >= 11 is 6.11. The number of hydrogen-bond donors (Lipinski definition) is 1. The van der Waals surface area contributed by atoms with Crippen LogP contribution in [0.4, 0.5) is 0 Å². The molecule has 0 saturated carbocycles. The Hall–Kier alpha value is -2.18. The maximum atomic E-state index is 12.4. The average molecular weight is 305 g/mol. The van der Waals surface area contributed by atoms with Crippen molar-refractivity contribution in [1.29, 1.82) is 0 Å². The molecule has 0 amide bonds. The Bertz CT molecular complexity index is 840. The molecule has 0 bridgehead atoms. The van der Waals surface area contributed by atoms with Gasteiger partial charge in [-0.25, -0.2) is 9.67 Å². The van der Waals surface area contributed by atoms with Crippen molar-refractivity contribution in [2.24, 2.45) is 0 Å². The van der Waals surface area contributed by atoms with Crippen LogP contribution in [0.2, 0.25) is 5.02 Å². The van der Waals surface area contributed by atoms with Crippen LogP contribution in [0.15, 0.2) is 41.6 Å². The molecule has 0 fully saturated rings. The third-order valence-corrected chi connectivity index (χ3v) is 3.60. The summed E-state index contributed by atoms with van der Waals surface area (Å²) in [5.74, 6) is 0. The molecule has 0 spiro atoms. The fourth-order valence-corrected chi connectivity index (χ4v) is 2.37. The highest BCUT2D eigenvalue weighted by Gasteiger charge is 2.10. The van der Waals surface area contributed by atoms with Crippen LogP contribution in [0.5, 0.6) is 0 Å². The molecule has 0 aliphatic rings. The zero-order valence-electron chi connectivity index (χ0n) is 11.1. The van der Waals surface area contributed by atoms with Gasteiger partial charge in [0.1, 0.15) is 11.7 Å². The van der Waals surface area contributed by atoms with Gasteiger partial charge in [0.15, 0.2) is 5.65 Å². The molecule has 6 nitrogen and oxygen atoms in total. The molecule has 2 heterocycles. The van der Waals surface area contributed by atoms with Crippen LogP contribution in [0.3, 0.4) is 0 Å². The third-order valence-electron chi connectivity index (χ3n) is 3.23. The minimum absolute atomic E-state index is 0.0544. The highest BCUT2D eigenvalue weighted by atomic mass is 35.5. The number of aliphatic hydroxyl groups is 1. The maximum absolute atomic E-state index is 12.4. The Morgan fingerprint density at radius 2 is 2.10 bits per heavy atom. The predicted octanol–water partition coefficient (Wildman–Crippen LogP) is 1.29. The van der Waals surface area contributed by atoms with Crippen molar-refractivity contribution in [2.45, 2.75) is 13.1 Å². The molecule has 21 heavy (non-hydrogen) atoms. The van der Waals surface area contributed by atoms with E-state index in [2.05, 4.69) is 10.1 Å². The molecular formula is C14H13ClN4O2. The van der Waals surface area contributed by atoms with Gasteiger partial charge in [0.25, 0.3) is 5.56 Å². The standard InChI is InChI=1S/C14H13ClN4O2/c15-12-4-2-1-3-10(12)8-18-9-16-13-11(14(18)21)7-17-19(13)5-6-20/h1-4,7,9,20H,5-6,8H2. The number of halogens is 1. The van der Waals surface area contributed by atoms with Crippen molar-refractivity contribution < 1.29 is 5.11 Å². The lowest BCUT2D eigenvalue weighted by atomic mass is 10.2. The lowest BCUT2D eigenvalue weighted by Gasteiger charge is -2.07. The fourth-order valence-electron chi connectivity index (χ4n) is 2.18. The number of benzene rings is 1. The van der Waals surface area contributed by atoms with E-state index < -0.39 is 0 Å². The summed E-state index contributed by atoms with van der Waals surface area (Å²) in [4.78, 5) is 16.7. The van der Waals surface area contributed by atoms with E-state index in [9.17, 15) is 4.79 Å². The average Bonchev–Trinajstić information content (AvgIpc) is 2.89. The molecule has 7 heteroatoms. The molecule has 0 aliphatic carbocycles. The number of aromatic nitrogens is 4. The molecule has 0 saturated heterocycles. The Morgan fingerprint density at radius 1 is 1.29 bits per heavy atom. The molecule has 3 aromatic rings. The second kappa shape index (κ2) is 5.67. The number of fused-ring (bicyclic) bond motifs is 1. The minimum atomic E-state index is -0.177. The van der Waals surface area contributed by atoms with Gasteiger partial charge in [-0.2, -0.15) is 5.10 Å². The third kappa shape index (κ3) is 2.55. The van der Waals surface area contributed by atoms with Gasteiger partial charge < -0.3 is 5.11 Å². The van der Waals surface area contributed by atoms with E-state index >= 15 is 0 Å². The summed E-state index contributed by atoms with van der Waals surface area (Å²) in [7, 11) is 0. The van der Waals surface area contributed by atoms with Gasteiger partial charge in [-0.3, -0.25) is 9.36 Å². The minimum Gasteiger partial charge on any atom is -0.394 e. The number of hydrogen-bond acceptors (Lipinski definition) is 4. The van der Waals surface area contributed by atoms with Gasteiger partial charge in [-0.15, -0.1) is 0 Å². The van der Waals surface area contributed by atoms with Gasteiger partial charge >= 0.3 is 0 Å². The van der Waals surface area contributed by atoms with Crippen molar-refractivity contribution in [2.75, 3.05) is 6.61 Å². The van der Waals surface area contributed by atoms with Crippen LogP contribution in [0.25, 0.3) is 11.0 Å². The first-order valence-corrected chi connectivity index (χ1v) is 6.83. The SMILES string of the molecule is O=c1c2cnn(CCO)c2ncn1Cc1ccccc1Cl. The van der Waals surface area contributed by atoms with Gasteiger partial charge in [0.2, 0.25) is 0 Å². The van der Waals surface area contributed by atoms with Crippen LogP contribution in [0, 0.1) is 0 Å². The van der Waals surface area contributed by atoms with Gasteiger partial charge in [-0.1, -0.05) is 29.8 Å². The van der Waals surface area contributed by atoms with E-state index in [-0.39, 0.29) is 12.2 Å². The summed E-state index contributed by atoms with van der Waals surface area (Å²) in [6, 6.07) is 7.37. The second-order valence-electron chi connectivity index (χ2n) is 4.60. The molecule has 108 valence electrons. The largest absolute Gasteiger partial charge is 0.394 e. The molecule has 0 unspecified atom stereocenters. The number of nitrogens with zero attached hydrogens (tertiary/aromatic N) is 4. The fraction of sp³-hybridized carbons (Fsp3) is 0.214. The molecule has 1 N–H and O–H groups in total. The van der Waals surface area contributed by atoms with Crippen LogP contribution >= 0.6 is 11.6 Å². The van der Waals surface area contributed by atoms with Crippen molar-refractivity contribution in [1.82, 2.24) is 19.3 Å². The Balaban J connectivity index is 2.03. The van der Waals surface area contributed by atoms with E-state index in [1.165, 1.54) is 21.8 Å². The molecule has 0 aliphatic heterocycles. The molecule has 0 atom stereocenters. The summed E-state index contributed by atoms with van der Waals surface area (Å²) in [5, 5.41) is 14.1. The summed E-state index contributed by atoms with van der Waals surface area (Å²) < 4.78 is 3.01. The van der Waals surface area contributed by atoms with Crippen molar-refractivity contribution in [3.8, 4) is 0 Å². The highest BCUT2D eigenvalue weighted by molar-refractivity contribution is 6.31. The molecular weight excluding hydrogens is 292 g/mol. The maximum Gasteiger partial charge on any atom is 0.264 e. The first kappa shape index (κ1) is 13.8. The zero-order chi connectivity index (χ0) is 14.8. The van der Waals surface area contributed by atoms with E-state index in [1.807, 2.05) is 18.2 Å². The highest BCUT2D eigenvalue weighted by Crippen LogP contribution is 2.15. The number of rotatable bonds is 4. The van der Waals surface area contributed by atoms with E-state index in [4.69, 9.17) is 16.7 Å². The topological polar surface area (TPSA) is 72.9 Å². The summed E-state index contributed by atoms with van der Waals surface area (Å²) in [5.41, 5.74) is 1.15. The van der Waals surface area contributed by atoms with Crippen molar-refractivity contribution >= 4 is 22.6 Å². The van der Waals surface area contributed by atoms with Gasteiger partial charge in [-0.05, 0) is 11.6 Å². The van der Waals surface area contributed by atoms with Gasteiger partial charge in [0, 0.05) is 5.02 Å². The molecule has 3 rings (SSSR count). The van der Waals surface area contributed by atoms with E-state index in [1.54, 1.807) is 6.07 Å². The normalized spacial score (nSPS) is 11.1. The first-order chi connectivity index (χ1) is 10.2. The van der Waals surface area contributed by atoms with Crippen LogP contribution < -0.4 is 5.56 Å². The monoisotopic (exact) mass is 304 g/mol. The Morgan fingerprint density at radius 3 is 2.86 bits per heavy atom. The van der Waals surface area contributed by atoms with Crippen molar-refractivity contribution in [3.63, 3.8) is 0 Å². The molecule has 2 aromatic heterocycles. The molecule has 0 radical (unpaired) electrons. The zero-order valence-corrected chi connectivity index (χ0v) is 11.9. The Labute approximate surface area is 125 Å². The predicted molar refractivity (Wildman–Crippen MR) is 79.4 cm³/mol. The summed E-state index contributed by atoms with van der Waals surface area (Å²) in [6.45, 7) is 0.609. The van der Waals surface area contributed by atoms with Crippen LogP contribution in [-0.4, -0.2) is 31.0 Å². The molecule has 1 aromatic carbocycles. The van der Waals surface area contributed by atoms with Crippen LogP contribution in [-0.2, 0) is 13.1 Å². The lowest BCUT2D eigenvalue weighted by Crippen LogP contribution is -2.21. The summed E-state index contributed by atoms with van der Waals surface area (Å²) in [6.07, 6.45) is 2.95. The second-order valence-corrected chi connectivity index (χ2v) is 5.00. The van der Waals surface area contributed by atoms with E-state index in [0.717, 1.165) is 5.56 Å². The smallest absolute Gasteiger partial charge is 0.264 e. The van der Waals surface area contributed by atoms with E-state index in [0.29, 0.717) is 29.1 Å². The van der Waals surface area contributed by atoms with Gasteiger partial charge in [0.05, 0.1) is 25.9 Å². The lowest BCUT2D eigenvalue weighted by molar-refractivity contribution is 0.271. The number of aliphatic hydroxyl groups excluding tert-OH is 1. The first-order valence-electron chi connectivity index (χ1n) is 6.46. The van der Waals surface area contributed by atoms with Crippen LogP contribution in [0.1, 0.15) is 5.56 Å². The quantitative estimate of drug-likeness (QED) is 0.788. The van der Waals surface area contributed by atoms with Crippen molar-refractivity contribution in [3.05, 3.63) is 57.7 Å².